The third-order valence-corrected chi connectivity index (χ3v) is 4.71. The van der Waals surface area contributed by atoms with Gasteiger partial charge in [-0.1, -0.05) is 25.1 Å². The predicted octanol–water partition coefficient (Wildman–Crippen LogP) is 2.61. The zero-order chi connectivity index (χ0) is 17.0. The molecular weight excluding hydrogens is 292 g/mol. The topological polar surface area (TPSA) is 60.9 Å². The molecule has 0 aliphatic carbocycles. The van der Waals surface area contributed by atoms with Crippen LogP contribution in [0.3, 0.4) is 0 Å². The van der Waals surface area contributed by atoms with Crippen molar-refractivity contribution in [3.63, 3.8) is 0 Å². The van der Waals surface area contributed by atoms with E-state index in [9.17, 15) is 9.59 Å². The molecule has 0 aromatic heterocycles. The summed E-state index contributed by atoms with van der Waals surface area (Å²) in [5.74, 6) is -1.10. The zero-order valence-corrected chi connectivity index (χ0v) is 14.2. The van der Waals surface area contributed by atoms with E-state index in [1.807, 2.05) is 40.1 Å². The van der Waals surface area contributed by atoms with Crippen LogP contribution in [0.5, 0.6) is 0 Å². The standard InChI is InChI=1S/C18H26N2O3/c1-4-18(2,3)20(15-8-6-5-7-9-15)16(21)13-19-11-10-14(12-19)17(22)23/h5-9,14H,4,10-13H2,1-3H3,(H,22,23). The van der Waals surface area contributed by atoms with Crippen LogP contribution in [0.1, 0.15) is 33.6 Å². The molecule has 1 aromatic rings. The van der Waals surface area contributed by atoms with Crippen LogP contribution < -0.4 is 4.90 Å². The maximum atomic E-state index is 12.9. The first kappa shape index (κ1) is 17.5. The van der Waals surface area contributed by atoms with E-state index in [2.05, 4.69) is 20.8 Å². The Morgan fingerprint density at radius 1 is 1.30 bits per heavy atom. The molecule has 1 aliphatic heterocycles. The number of likely N-dealkylation sites (tertiary alicyclic amines) is 1. The Morgan fingerprint density at radius 2 is 1.96 bits per heavy atom. The number of carboxylic acid groups (broad SMARTS) is 1. The van der Waals surface area contributed by atoms with E-state index < -0.39 is 5.97 Å². The molecule has 1 aliphatic rings. The molecule has 2 rings (SSSR count). The number of nitrogens with zero attached hydrogens (tertiary/aromatic N) is 2. The smallest absolute Gasteiger partial charge is 0.307 e. The summed E-state index contributed by atoms with van der Waals surface area (Å²) >= 11 is 0. The fraction of sp³-hybridized carbons (Fsp3) is 0.556. The van der Waals surface area contributed by atoms with Gasteiger partial charge in [-0.3, -0.25) is 14.5 Å². The number of carboxylic acids is 1. The first-order valence-electron chi connectivity index (χ1n) is 8.18. The second-order valence-electron chi connectivity index (χ2n) is 6.79. The number of benzene rings is 1. The van der Waals surface area contributed by atoms with Gasteiger partial charge in [-0.15, -0.1) is 0 Å². The van der Waals surface area contributed by atoms with Gasteiger partial charge in [-0.25, -0.2) is 0 Å². The largest absolute Gasteiger partial charge is 0.481 e. The van der Waals surface area contributed by atoms with Gasteiger partial charge in [0.1, 0.15) is 0 Å². The Labute approximate surface area is 137 Å². The summed E-state index contributed by atoms with van der Waals surface area (Å²) in [5, 5.41) is 9.10. The predicted molar refractivity (Wildman–Crippen MR) is 90.5 cm³/mol. The van der Waals surface area contributed by atoms with Crippen molar-refractivity contribution in [2.45, 2.75) is 39.2 Å². The number of hydrogen-bond acceptors (Lipinski definition) is 3. The van der Waals surface area contributed by atoms with Crippen molar-refractivity contribution >= 4 is 17.6 Å². The van der Waals surface area contributed by atoms with Gasteiger partial charge in [0.25, 0.3) is 0 Å². The van der Waals surface area contributed by atoms with Gasteiger partial charge in [0.15, 0.2) is 0 Å². The monoisotopic (exact) mass is 318 g/mol. The van der Waals surface area contributed by atoms with Gasteiger partial charge in [0, 0.05) is 17.8 Å². The third-order valence-electron chi connectivity index (χ3n) is 4.71. The number of hydrogen-bond donors (Lipinski definition) is 1. The van der Waals surface area contributed by atoms with Crippen LogP contribution in [0, 0.1) is 5.92 Å². The fourth-order valence-electron chi connectivity index (χ4n) is 3.01. The molecule has 0 bridgehead atoms. The van der Waals surface area contributed by atoms with Crippen molar-refractivity contribution in [1.82, 2.24) is 4.90 Å². The quantitative estimate of drug-likeness (QED) is 0.876. The van der Waals surface area contributed by atoms with Gasteiger partial charge in [-0.2, -0.15) is 0 Å². The number of aliphatic carboxylic acids is 1. The van der Waals surface area contributed by atoms with E-state index >= 15 is 0 Å². The molecule has 0 radical (unpaired) electrons. The molecule has 0 spiro atoms. The first-order chi connectivity index (χ1) is 10.8. The molecule has 0 saturated carbocycles. The summed E-state index contributed by atoms with van der Waals surface area (Å²) in [5.41, 5.74) is 0.600. The highest BCUT2D eigenvalue weighted by molar-refractivity contribution is 5.96. The second-order valence-corrected chi connectivity index (χ2v) is 6.79. The van der Waals surface area contributed by atoms with Gasteiger partial charge in [-0.05, 0) is 45.4 Å². The van der Waals surface area contributed by atoms with Gasteiger partial charge in [0.05, 0.1) is 12.5 Å². The average Bonchev–Trinajstić information content (AvgIpc) is 2.97. The summed E-state index contributed by atoms with van der Waals surface area (Å²) in [7, 11) is 0. The molecule has 1 atom stereocenters. The molecule has 1 unspecified atom stereocenters. The summed E-state index contributed by atoms with van der Waals surface area (Å²) in [4.78, 5) is 27.8. The minimum atomic E-state index is -0.770. The highest BCUT2D eigenvalue weighted by Gasteiger charge is 2.34. The number of amides is 1. The van der Waals surface area contributed by atoms with Crippen molar-refractivity contribution in [2.24, 2.45) is 5.92 Å². The Hall–Kier alpha value is -1.88. The molecular formula is C18H26N2O3. The van der Waals surface area contributed by atoms with Crippen molar-refractivity contribution < 1.29 is 14.7 Å². The van der Waals surface area contributed by atoms with Gasteiger partial charge < -0.3 is 10.0 Å². The third kappa shape index (κ3) is 4.10. The molecule has 5 heteroatoms. The zero-order valence-electron chi connectivity index (χ0n) is 14.2. The SMILES string of the molecule is CCC(C)(C)N(C(=O)CN1CCC(C(=O)O)C1)c1ccccc1. The summed E-state index contributed by atoms with van der Waals surface area (Å²) in [6.45, 7) is 7.57. The van der Waals surface area contributed by atoms with Crippen LogP contribution in [0.4, 0.5) is 5.69 Å². The van der Waals surface area contributed by atoms with Crippen molar-refractivity contribution in [3.8, 4) is 0 Å². The van der Waals surface area contributed by atoms with Crippen LogP contribution in [0.25, 0.3) is 0 Å². The number of carbonyl (C=O) groups excluding carboxylic acids is 1. The summed E-state index contributed by atoms with van der Waals surface area (Å²) in [6, 6.07) is 9.68. The fourth-order valence-corrected chi connectivity index (χ4v) is 3.01. The van der Waals surface area contributed by atoms with Crippen molar-refractivity contribution in [3.05, 3.63) is 30.3 Å². The lowest BCUT2D eigenvalue weighted by Crippen LogP contribution is -2.51. The Morgan fingerprint density at radius 3 is 2.48 bits per heavy atom. The van der Waals surface area contributed by atoms with Gasteiger partial charge in [0.2, 0.25) is 5.91 Å². The van der Waals surface area contributed by atoms with Crippen LogP contribution in [0.2, 0.25) is 0 Å². The van der Waals surface area contributed by atoms with Crippen LogP contribution in [-0.4, -0.2) is 47.1 Å². The molecule has 1 N–H and O–H groups in total. The average molecular weight is 318 g/mol. The number of para-hydroxylation sites is 1. The van der Waals surface area contributed by atoms with E-state index in [1.165, 1.54) is 0 Å². The molecule has 1 saturated heterocycles. The highest BCUT2D eigenvalue weighted by atomic mass is 16.4. The molecule has 1 heterocycles. The van der Waals surface area contributed by atoms with Crippen molar-refractivity contribution in [2.75, 3.05) is 24.5 Å². The number of carbonyl (C=O) groups is 2. The molecule has 1 amide bonds. The number of rotatable bonds is 6. The molecule has 23 heavy (non-hydrogen) atoms. The van der Waals surface area contributed by atoms with E-state index in [-0.39, 0.29) is 23.9 Å². The molecule has 5 nitrogen and oxygen atoms in total. The normalized spacial score (nSPS) is 18.8. The lowest BCUT2D eigenvalue weighted by molar-refractivity contribution is -0.141. The lowest BCUT2D eigenvalue weighted by Gasteiger charge is -2.39. The molecule has 1 fully saturated rings. The highest BCUT2D eigenvalue weighted by Crippen LogP contribution is 2.27. The van der Waals surface area contributed by atoms with Gasteiger partial charge >= 0.3 is 5.97 Å². The Balaban J connectivity index is 2.14. The Bertz CT molecular complexity index is 557. The molecule has 1 aromatic carbocycles. The summed E-state index contributed by atoms with van der Waals surface area (Å²) in [6.07, 6.45) is 1.45. The minimum absolute atomic E-state index is 0.0223. The summed E-state index contributed by atoms with van der Waals surface area (Å²) < 4.78 is 0. The first-order valence-corrected chi connectivity index (χ1v) is 8.18. The number of anilines is 1. The van der Waals surface area contributed by atoms with Crippen molar-refractivity contribution in [1.29, 1.82) is 0 Å². The maximum Gasteiger partial charge on any atom is 0.307 e. The lowest BCUT2D eigenvalue weighted by atomic mass is 9.98. The van der Waals surface area contributed by atoms with Crippen LogP contribution in [-0.2, 0) is 9.59 Å². The van der Waals surface area contributed by atoms with E-state index in [4.69, 9.17) is 5.11 Å². The minimum Gasteiger partial charge on any atom is -0.481 e. The Kier molecular flexibility index (Phi) is 5.42. The molecule has 126 valence electrons. The van der Waals surface area contributed by atoms with Crippen LogP contribution in [0.15, 0.2) is 30.3 Å². The second kappa shape index (κ2) is 7.13. The van der Waals surface area contributed by atoms with Crippen LogP contribution >= 0.6 is 0 Å². The van der Waals surface area contributed by atoms with E-state index in [0.717, 1.165) is 12.1 Å². The van der Waals surface area contributed by atoms with E-state index in [1.54, 1.807) is 0 Å². The maximum absolute atomic E-state index is 12.9. The van der Waals surface area contributed by atoms with E-state index in [0.29, 0.717) is 19.5 Å².